The van der Waals surface area contributed by atoms with E-state index < -0.39 is 0 Å². The molecule has 0 aliphatic carbocycles. The summed E-state index contributed by atoms with van der Waals surface area (Å²) in [5.41, 5.74) is 5.38. The summed E-state index contributed by atoms with van der Waals surface area (Å²) in [6.45, 7) is 1.97. The van der Waals surface area contributed by atoms with E-state index in [1.54, 1.807) is 0 Å². The number of benzene rings is 1. The van der Waals surface area contributed by atoms with Gasteiger partial charge in [-0.25, -0.2) is 0 Å². The summed E-state index contributed by atoms with van der Waals surface area (Å²) >= 11 is 0. The molecule has 132 valence electrons. The first-order valence-corrected chi connectivity index (χ1v) is 8.65. The zero-order valence-electron chi connectivity index (χ0n) is 14.1. The van der Waals surface area contributed by atoms with Crippen LogP contribution in [0.2, 0.25) is 0 Å². The van der Waals surface area contributed by atoms with Crippen molar-refractivity contribution < 1.29 is 14.3 Å². The van der Waals surface area contributed by atoms with Crippen LogP contribution in [-0.2, 0) is 9.59 Å². The first kappa shape index (κ1) is 18.3. The average Bonchev–Trinajstić information content (AvgIpc) is 2.61. The van der Waals surface area contributed by atoms with Crippen molar-refractivity contribution >= 4 is 11.8 Å². The highest BCUT2D eigenvalue weighted by Crippen LogP contribution is 2.18. The Kier molecular flexibility index (Phi) is 7.55. The molecule has 2 amide bonds. The maximum Gasteiger partial charge on any atom is 0.226 e. The van der Waals surface area contributed by atoms with Crippen LogP contribution in [0.3, 0.4) is 0 Å². The predicted molar refractivity (Wildman–Crippen MR) is 92.6 cm³/mol. The van der Waals surface area contributed by atoms with Gasteiger partial charge in [0.1, 0.15) is 5.75 Å². The van der Waals surface area contributed by atoms with Crippen molar-refractivity contribution in [2.24, 2.45) is 5.73 Å². The first-order chi connectivity index (χ1) is 11.7. The minimum Gasteiger partial charge on any atom is -0.493 e. The monoisotopic (exact) mass is 333 g/mol. The average molecular weight is 333 g/mol. The molecule has 6 heteroatoms. The van der Waals surface area contributed by atoms with Crippen LogP contribution in [0.25, 0.3) is 0 Å². The molecule has 1 unspecified atom stereocenters. The molecule has 1 fully saturated rings. The summed E-state index contributed by atoms with van der Waals surface area (Å²) in [6.07, 6.45) is 3.70. The summed E-state index contributed by atoms with van der Waals surface area (Å²) in [7, 11) is 0. The molecular formula is C18H27N3O3. The number of carbonyl (C=O) groups excluding carboxylic acids is 2. The fraction of sp³-hybridized carbons (Fsp3) is 0.556. The fourth-order valence-corrected chi connectivity index (χ4v) is 2.91. The van der Waals surface area contributed by atoms with Crippen molar-refractivity contribution in [2.45, 2.75) is 38.1 Å². The Morgan fingerprint density at radius 1 is 1.21 bits per heavy atom. The minimum atomic E-state index is -0.0529. The summed E-state index contributed by atoms with van der Waals surface area (Å²) in [5, 5.41) is 2.88. The Labute approximate surface area is 143 Å². The van der Waals surface area contributed by atoms with Crippen molar-refractivity contribution in [2.75, 3.05) is 26.2 Å². The highest BCUT2D eigenvalue weighted by atomic mass is 16.5. The van der Waals surface area contributed by atoms with Gasteiger partial charge in [-0.3, -0.25) is 9.59 Å². The molecule has 3 N–H and O–H groups in total. The van der Waals surface area contributed by atoms with Gasteiger partial charge in [0.2, 0.25) is 11.8 Å². The molecule has 1 aliphatic heterocycles. The molecule has 0 spiro atoms. The van der Waals surface area contributed by atoms with Gasteiger partial charge < -0.3 is 20.7 Å². The number of hydrogen-bond acceptors (Lipinski definition) is 4. The van der Waals surface area contributed by atoms with Gasteiger partial charge in [0, 0.05) is 32.1 Å². The van der Waals surface area contributed by atoms with Gasteiger partial charge in [-0.05, 0) is 31.4 Å². The molecule has 0 saturated carbocycles. The van der Waals surface area contributed by atoms with E-state index in [2.05, 4.69) is 5.32 Å². The van der Waals surface area contributed by atoms with Gasteiger partial charge in [-0.2, -0.15) is 0 Å². The van der Waals surface area contributed by atoms with Gasteiger partial charge in [0.25, 0.3) is 0 Å². The highest BCUT2D eigenvalue weighted by molar-refractivity contribution is 5.78. The standard InChI is InChI=1S/C18H27N3O3/c19-11-9-17(22)20-14-15-6-4-5-12-21(15)18(23)10-13-24-16-7-2-1-3-8-16/h1-3,7-8,15H,4-6,9-14,19H2,(H,20,22). The minimum absolute atomic E-state index is 0.0529. The Hall–Kier alpha value is -2.08. The Bertz CT molecular complexity index is 522. The molecule has 1 aromatic rings. The lowest BCUT2D eigenvalue weighted by molar-refractivity contribution is -0.136. The Morgan fingerprint density at radius 2 is 2.00 bits per heavy atom. The van der Waals surface area contributed by atoms with E-state index in [-0.39, 0.29) is 17.9 Å². The number of carbonyl (C=O) groups is 2. The van der Waals surface area contributed by atoms with Gasteiger partial charge in [0.15, 0.2) is 0 Å². The molecule has 1 aliphatic rings. The molecule has 1 aromatic carbocycles. The van der Waals surface area contributed by atoms with E-state index >= 15 is 0 Å². The third-order valence-electron chi connectivity index (χ3n) is 4.18. The number of nitrogens with zero attached hydrogens (tertiary/aromatic N) is 1. The zero-order chi connectivity index (χ0) is 17.2. The Morgan fingerprint density at radius 3 is 2.75 bits per heavy atom. The number of nitrogens with two attached hydrogens (primary N) is 1. The summed E-state index contributed by atoms with van der Waals surface area (Å²) in [5.74, 6) is 0.807. The second kappa shape index (κ2) is 9.93. The SMILES string of the molecule is NCCC(=O)NCC1CCCCN1C(=O)CCOc1ccccc1. The molecule has 1 atom stereocenters. The molecule has 0 aromatic heterocycles. The predicted octanol–water partition coefficient (Wildman–Crippen LogP) is 1.30. The van der Waals surface area contributed by atoms with E-state index in [1.807, 2.05) is 35.2 Å². The van der Waals surface area contributed by atoms with Crippen LogP contribution >= 0.6 is 0 Å². The maximum absolute atomic E-state index is 12.5. The van der Waals surface area contributed by atoms with Crippen LogP contribution in [0.1, 0.15) is 32.1 Å². The number of nitrogens with one attached hydrogen (secondary N) is 1. The van der Waals surface area contributed by atoms with Gasteiger partial charge in [0.05, 0.1) is 13.0 Å². The maximum atomic E-state index is 12.5. The largest absolute Gasteiger partial charge is 0.493 e. The van der Waals surface area contributed by atoms with Gasteiger partial charge in [-0.15, -0.1) is 0 Å². The van der Waals surface area contributed by atoms with Crippen LogP contribution in [-0.4, -0.2) is 49.0 Å². The normalized spacial score (nSPS) is 17.4. The summed E-state index contributed by atoms with van der Waals surface area (Å²) in [6, 6.07) is 9.56. The lowest BCUT2D eigenvalue weighted by Gasteiger charge is -2.36. The molecule has 0 radical (unpaired) electrons. The summed E-state index contributed by atoms with van der Waals surface area (Å²) < 4.78 is 5.60. The van der Waals surface area contributed by atoms with Crippen molar-refractivity contribution in [3.63, 3.8) is 0 Å². The smallest absolute Gasteiger partial charge is 0.226 e. The highest BCUT2D eigenvalue weighted by Gasteiger charge is 2.26. The lowest BCUT2D eigenvalue weighted by Crippen LogP contribution is -2.49. The van der Waals surface area contributed by atoms with E-state index in [1.165, 1.54) is 0 Å². The number of rotatable bonds is 8. The van der Waals surface area contributed by atoms with Crippen LogP contribution < -0.4 is 15.8 Å². The molecule has 1 saturated heterocycles. The second-order valence-corrected chi connectivity index (χ2v) is 5.99. The number of likely N-dealkylation sites (tertiary alicyclic amines) is 1. The van der Waals surface area contributed by atoms with Gasteiger partial charge >= 0.3 is 0 Å². The molecule has 0 bridgehead atoms. The third kappa shape index (κ3) is 5.85. The van der Waals surface area contributed by atoms with Crippen LogP contribution in [0.5, 0.6) is 5.75 Å². The fourth-order valence-electron chi connectivity index (χ4n) is 2.91. The molecule has 2 rings (SSSR count). The number of piperidine rings is 1. The van der Waals surface area contributed by atoms with E-state index in [0.29, 0.717) is 32.5 Å². The number of hydrogen-bond donors (Lipinski definition) is 2. The lowest BCUT2D eigenvalue weighted by atomic mass is 10.0. The number of ether oxygens (including phenoxy) is 1. The zero-order valence-corrected chi connectivity index (χ0v) is 14.1. The molecule has 1 heterocycles. The second-order valence-electron chi connectivity index (χ2n) is 5.99. The number of para-hydroxylation sites is 1. The van der Waals surface area contributed by atoms with Gasteiger partial charge in [-0.1, -0.05) is 18.2 Å². The van der Waals surface area contributed by atoms with Crippen LogP contribution in [0.4, 0.5) is 0 Å². The van der Waals surface area contributed by atoms with Crippen LogP contribution in [0, 0.1) is 0 Å². The van der Waals surface area contributed by atoms with Crippen molar-refractivity contribution in [1.82, 2.24) is 10.2 Å². The van der Waals surface area contributed by atoms with Crippen LogP contribution in [0.15, 0.2) is 30.3 Å². The van der Waals surface area contributed by atoms with Crippen molar-refractivity contribution in [1.29, 1.82) is 0 Å². The molecule has 24 heavy (non-hydrogen) atoms. The van der Waals surface area contributed by atoms with E-state index in [0.717, 1.165) is 31.6 Å². The van der Waals surface area contributed by atoms with E-state index in [4.69, 9.17) is 10.5 Å². The van der Waals surface area contributed by atoms with Crippen molar-refractivity contribution in [3.8, 4) is 5.75 Å². The topological polar surface area (TPSA) is 84.7 Å². The quantitative estimate of drug-likeness (QED) is 0.751. The third-order valence-corrected chi connectivity index (χ3v) is 4.18. The summed E-state index contributed by atoms with van der Waals surface area (Å²) in [4.78, 5) is 25.9. The first-order valence-electron chi connectivity index (χ1n) is 8.65. The molecule has 6 nitrogen and oxygen atoms in total. The number of amides is 2. The molecular weight excluding hydrogens is 306 g/mol. The Balaban J connectivity index is 1.78. The van der Waals surface area contributed by atoms with E-state index in [9.17, 15) is 9.59 Å². The van der Waals surface area contributed by atoms with Crippen molar-refractivity contribution in [3.05, 3.63) is 30.3 Å².